The fourth-order valence-corrected chi connectivity index (χ4v) is 5.14. The summed E-state index contributed by atoms with van der Waals surface area (Å²) in [5.41, 5.74) is 7.20. The average molecular weight is 455 g/mol. The molecule has 2 heteroatoms. The first-order valence-corrected chi connectivity index (χ1v) is 12.2. The first-order valence-electron chi connectivity index (χ1n) is 11.4. The van der Waals surface area contributed by atoms with Crippen LogP contribution in [0.1, 0.15) is 0 Å². The van der Waals surface area contributed by atoms with Gasteiger partial charge in [0, 0.05) is 10.4 Å². The van der Waals surface area contributed by atoms with Gasteiger partial charge in [0.05, 0.1) is 4.88 Å². The van der Waals surface area contributed by atoms with Crippen LogP contribution >= 0.6 is 11.3 Å². The smallest absolute Gasteiger partial charge is 0.144 e. The molecule has 6 aromatic rings. The highest BCUT2D eigenvalue weighted by Crippen LogP contribution is 2.37. The van der Waals surface area contributed by atoms with Crippen molar-refractivity contribution in [3.63, 3.8) is 0 Å². The van der Waals surface area contributed by atoms with E-state index >= 15 is 0 Å². The van der Waals surface area contributed by atoms with Crippen molar-refractivity contribution in [2.75, 3.05) is 0 Å². The van der Waals surface area contributed by atoms with Gasteiger partial charge in [-0.05, 0) is 52.1 Å². The Balaban J connectivity index is 1.21. The third-order valence-corrected chi connectivity index (χ3v) is 7.16. The van der Waals surface area contributed by atoms with Crippen molar-refractivity contribution >= 4 is 11.3 Å². The molecule has 6 rings (SSSR count). The zero-order chi connectivity index (χ0) is 22.7. The molecule has 0 saturated carbocycles. The Morgan fingerprint density at radius 3 is 1.35 bits per heavy atom. The van der Waals surface area contributed by atoms with Gasteiger partial charge in [-0.15, -0.1) is 11.3 Å². The number of benzene rings is 4. The minimum absolute atomic E-state index is 0.886. The minimum Gasteiger partial charge on any atom is -0.455 e. The van der Waals surface area contributed by atoms with Crippen molar-refractivity contribution in [1.29, 1.82) is 0 Å². The van der Waals surface area contributed by atoms with Gasteiger partial charge in [0.15, 0.2) is 0 Å². The van der Waals surface area contributed by atoms with Crippen LogP contribution in [-0.4, -0.2) is 0 Å². The zero-order valence-corrected chi connectivity index (χ0v) is 19.3. The molecule has 0 spiro atoms. The van der Waals surface area contributed by atoms with E-state index in [2.05, 4.69) is 121 Å². The van der Waals surface area contributed by atoms with E-state index in [1.165, 1.54) is 32.7 Å². The molecule has 2 aromatic heterocycles. The highest BCUT2D eigenvalue weighted by Gasteiger charge is 2.11. The number of furan rings is 1. The molecule has 4 aromatic carbocycles. The molecule has 0 radical (unpaired) electrons. The highest BCUT2D eigenvalue weighted by molar-refractivity contribution is 7.18. The van der Waals surface area contributed by atoms with Gasteiger partial charge < -0.3 is 4.42 Å². The van der Waals surface area contributed by atoms with Crippen LogP contribution in [0.2, 0.25) is 0 Å². The Morgan fingerprint density at radius 2 is 0.765 bits per heavy atom. The molecule has 0 fully saturated rings. The Labute approximate surface area is 203 Å². The summed E-state index contributed by atoms with van der Waals surface area (Å²) in [5, 5.41) is 0. The van der Waals surface area contributed by atoms with Gasteiger partial charge >= 0.3 is 0 Å². The van der Waals surface area contributed by atoms with E-state index in [0.717, 1.165) is 22.0 Å². The summed E-state index contributed by atoms with van der Waals surface area (Å²) in [6.45, 7) is 0. The van der Waals surface area contributed by atoms with Crippen LogP contribution < -0.4 is 0 Å². The van der Waals surface area contributed by atoms with E-state index < -0.39 is 0 Å². The number of thiophene rings is 1. The molecule has 34 heavy (non-hydrogen) atoms. The van der Waals surface area contributed by atoms with Gasteiger partial charge in [-0.25, -0.2) is 0 Å². The molecule has 2 heterocycles. The molecule has 0 aliphatic heterocycles. The molecule has 162 valence electrons. The molecule has 0 amide bonds. The van der Waals surface area contributed by atoms with Crippen molar-refractivity contribution in [1.82, 2.24) is 0 Å². The number of hydrogen-bond donors (Lipinski definition) is 0. The van der Waals surface area contributed by atoms with Crippen LogP contribution in [0.3, 0.4) is 0 Å². The molecule has 0 aliphatic rings. The second-order valence-electron chi connectivity index (χ2n) is 8.21. The molecule has 0 N–H and O–H groups in total. The predicted molar refractivity (Wildman–Crippen MR) is 144 cm³/mol. The van der Waals surface area contributed by atoms with Crippen molar-refractivity contribution in [2.45, 2.75) is 0 Å². The van der Waals surface area contributed by atoms with E-state index in [1.807, 2.05) is 12.1 Å². The van der Waals surface area contributed by atoms with Crippen LogP contribution in [-0.2, 0) is 0 Å². The minimum atomic E-state index is 0.886. The van der Waals surface area contributed by atoms with Crippen LogP contribution in [0.15, 0.2) is 138 Å². The molecule has 1 nitrogen and oxygen atoms in total. The number of rotatable bonds is 5. The maximum Gasteiger partial charge on any atom is 0.144 e. The van der Waals surface area contributed by atoms with Crippen LogP contribution in [0.4, 0.5) is 0 Å². The molecular formula is C32H22OS. The molecular weight excluding hydrogens is 432 g/mol. The Kier molecular flexibility index (Phi) is 5.42. The van der Waals surface area contributed by atoms with Gasteiger partial charge in [0.2, 0.25) is 0 Å². The van der Waals surface area contributed by atoms with Crippen LogP contribution in [0.25, 0.3) is 54.7 Å². The van der Waals surface area contributed by atoms with E-state index in [1.54, 1.807) is 11.3 Å². The zero-order valence-electron chi connectivity index (χ0n) is 18.5. The lowest BCUT2D eigenvalue weighted by molar-refractivity contribution is 0.599. The standard InChI is InChI=1S/C32H22OS/c1-3-7-23(8-4-1)25-11-15-27(16-12-25)29-19-20-30(33-29)32-22-21-31(34-32)28-17-13-26(14-18-28)24-9-5-2-6-10-24/h1-22H. The SMILES string of the molecule is c1ccc(-c2ccc(-c3ccc(-c4ccc(-c5ccc(-c6ccccc6)cc5)s4)o3)cc2)cc1. The molecule has 0 bridgehead atoms. The third-order valence-electron chi connectivity index (χ3n) is 6.01. The molecule has 0 atom stereocenters. The monoisotopic (exact) mass is 454 g/mol. The lowest BCUT2D eigenvalue weighted by Crippen LogP contribution is -1.78. The lowest BCUT2D eigenvalue weighted by Gasteiger charge is -2.03. The summed E-state index contributed by atoms with van der Waals surface area (Å²) in [5.74, 6) is 1.79. The molecule has 0 unspecified atom stereocenters. The maximum absolute atomic E-state index is 6.24. The third kappa shape index (κ3) is 4.12. The van der Waals surface area contributed by atoms with Crippen LogP contribution in [0.5, 0.6) is 0 Å². The van der Waals surface area contributed by atoms with Gasteiger partial charge in [-0.1, -0.05) is 109 Å². The van der Waals surface area contributed by atoms with Gasteiger partial charge in [0.25, 0.3) is 0 Å². The quantitative estimate of drug-likeness (QED) is 0.253. The molecule has 0 aliphatic carbocycles. The maximum atomic E-state index is 6.24. The van der Waals surface area contributed by atoms with E-state index in [-0.39, 0.29) is 0 Å². The Bertz CT molecular complexity index is 1390. The van der Waals surface area contributed by atoms with Crippen molar-refractivity contribution in [3.05, 3.63) is 133 Å². The number of hydrogen-bond acceptors (Lipinski definition) is 2. The Hall–Kier alpha value is -4.14. The van der Waals surface area contributed by atoms with Gasteiger partial charge in [0.1, 0.15) is 11.5 Å². The fraction of sp³-hybridized carbons (Fsp3) is 0. The largest absolute Gasteiger partial charge is 0.455 e. The predicted octanol–water partition coefficient (Wildman–Crippen LogP) is 9.68. The van der Waals surface area contributed by atoms with Crippen molar-refractivity contribution in [2.24, 2.45) is 0 Å². The first-order chi connectivity index (χ1) is 16.8. The first kappa shape index (κ1) is 20.5. The summed E-state index contributed by atoms with van der Waals surface area (Å²) in [6.07, 6.45) is 0. The van der Waals surface area contributed by atoms with Gasteiger partial charge in [-0.3, -0.25) is 0 Å². The summed E-state index contributed by atoms with van der Waals surface area (Å²) >= 11 is 1.76. The second kappa shape index (κ2) is 9.01. The van der Waals surface area contributed by atoms with E-state index in [0.29, 0.717) is 0 Å². The summed E-state index contributed by atoms with van der Waals surface area (Å²) in [7, 11) is 0. The van der Waals surface area contributed by atoms with E-state index in [9.17, 15) is 0 Å². The lowest BCUT2D eigenvalue weighted by atomic mass is 10.0. The summed E-state index contributed by atoms with van der Waals surface area (Å²) in [6, 6.07) is 46.7. The highest BCUT2D eigenvalue weighted by atomic mass is 32.1. The van der Waals surface area contributed by atoms with Crippen LogP contribution in [0, 0.1) is 0 Å². The summed E-state index contributed by atoms with van der Waals surface area (Å²) < 4.78 is 6.24. The van der Waals surface area contributed by atoms with Crippen molar-refractivity contribution < 1.29 is 4.42 Å². The second-order valence-corrected chi connectivity index (χ2v) is 9.30. The molecule has 0 saturated heterocycles. The topological polar surface area (TPSA) is 13.1 Å². The van der Waals surface area contributed by atoms with Gasteiger partial charge in [-0.2, -0.15) is 0 Å². The Morgan fingerprint density at radius 1 is 0.324 bits per heavy atom. The normalized spacial score (nSPS) is 10.9. The average Bonchev–Trinajstić information content (AvgIpc) is 3.61. The van der Waals surface area contributed by atoms with E-state index in [4.69, 9.17) is 4.42 Å². The van der Waals surface area contributed by atoms with Crippen molar-refractivity contribution in [3.8, 4) is 54.7 Å². The summed E-state index contributed by atoms with van der Waals surface area (Å²) in [4.78, 5) is 2.37. The fourth-order valence-electron chi connectivity index (χ4n) is 4.17.